The summed E-state index contributed by atoms with van der Waals surface area (Å²) in [6, 6.07) is 2.01. The van der Waals surface area contributed by atoms with E-state index in [1.807, 2.05) is 6.07 Å². The van der Waals surface area contributed by atoms with Crippen molar-refractivity contribution in [3.8, 4) is 0 Å². The molecule has 1 aromatic heterocycles. The Hall–Kier alpha value is -1.05. The largest absolute Gasteiger partial charge is 0.468 e. The van der Waals surface area contributed by atoms with Crippen molar-refractivity contribution >= 4 is 5.78 Å². The molecule has 13 heavy (non-hydrogen) atoms. The molecule has 3 rings (SSSR count). The highest BCUT2D eigenvalue weighted by Crippen LogP contribution is 2.44. The normalized spacial score (nSPS) is 31.5. The average molecular weight is 176 g/mol. The quantitative estimate of drug-likeness (QED) is 0.607. The molecule has 1 saturated carbocycles. The highest BCUT2D eigenvalue weighted by molar-refractivity contribution is 5.88. The van der Waals surface area contributed by atoms with Gasteiger partial charge in [0.1, 0.15) is 11.5 Å². The topological polar surface area (TPSA) is 30.2 Å². The van der Waals surface area contributed by atoms with E-state index in [9.17, 15) is 4.79 Å². The number of hydrogen-bond donors (Lipinski definition) is 0. The Morgan fingerprint density at radius 1 is 1.31 bits per heavy atom. The summed E-state index contributed by atoms with van der Waals surface area (Å²) >= 11 is 0. The Kier molecular flexibility index (Phi) is 1.40. The lowest BCUT2D eigenvalue weighted by Crippen LogP contribution is -2.18. The molecule has 0 saturated heterocycles. The van der Waals surface area contributed by atoms with E-state index >= 15 is 0 Å². The van der Waals surface area contributed by atoms with Crippen molar-refractivity contribution in [1.82, 2.24) is 0 Å². The summed E-state index contributed by atoms with van der Waals surface area (Å²) in [6.07, 6.45) is 5.82. The number of fused-ring (bicyclic) bond motifs is 3. The van der Waals surface area contributed by atoms with Crippen LogP contribution in [0.3, 0.4) is 0 Å². The van der Waals surface area contributed by atoms with Crippen molar-refractivity contribution in [3.05, 3.63) is 23.7 Å². The molecule has 2 nitrogen and oxygen atoms in total. The molecule has 1 heterocycles. The Bertz CT molecular complexity index is 351. The monoisotopic (exact) mass is 176 g/mol. The number of hydrogen-bond acceptors (Lipinski definition) is 2. The molecule has 0 bridgehead atoms. The second-order valence-corrected chi connectivity index (χ2v) is 4.09. The fourth-order valence-corrected chi connectivity index (χ4v) is 2.75. The van der Waals surface area contributed by atoms with Crippen LogP contribution in [0.5, 0.6) is 0 Å². The maximum absolute atomic E-state index is 11.6. The molecule has 2 aliphatic rings. The van der Waals surface area contributed by atoms with Crippen LogP contribution in [0, 0.1) is 5.92 Å². The lowest BCUT2D eigenvalue weighted by Gasteiger charge is -2.22. The summed E-state index contributed by atoms with van der Waals surface area (Å²) in [7, 11) is 0. The number of Topliss-reactive ketones (excluding diaryl/α,β-unsaturated/α-hetero) is 1. The minimum Gasteiger partial charge on any atom is -0.468 e. The van der Waals surface area contributed by atoms with Gasteiger partial charge in [-0.2, -0.15) is 0 Å². The summed E-state index contributed by atoms with van der Waals surface area (Å²) in [5, 5.41) is 0. The van der Waals surface area contributed by atoms with Gasteiger partial charge in [0.25, 0.3) is 0 Å². The SMILES string of the molecule is O=C1CC[C@@H]2CCc3ccoc3[C@H]12. The van der Waals surface area contributed by atoms with Crippen LogP contribution in [-0.2, 0) is 11.2 Å². The zero-order chi connectivity index (χ0) is 8.84. The van der Waals surface area contributed by atoms with E-state index < -0.39 is 0 Å². The van der Waals surface area contributed by atoms with E-state index in [2.05, 4.69) is 0 Å². The molecule has 1 fully saturated rings. The van der Waals surface area contributed by atoms with Gasteiger partial charge in [0.2, 0.25) is 0 Å². The van der Waals surface area contributed by atoms with Crippen molar-refractivity contribution in [2.24, 2.45) is 5.92 Å². The van der Waals surface area contributed by atoms with E-state index in [0.29, 0.717) is 11.7 Å². The van der Waals surface area contributed by atoms with Crippen LogP contribution >= 0.6 is 0 Å². The summed E-state index contributed by atoms with van der Waals surface area (Å²) in [4.78, 5) is 11.6. The smallest absolute Gasteiger partial charge is 0.143 e. The Morgan fingerprint density at radius 3 is 3.08 bits per heavy atom. The molecule has 2 atom stereocenters. The zero-order valence-electron chi connectivity index (χ0n) is 7.45. The van der Waals surface area contributed by atoms with Crippen molar-refractivity contribution in [2.45, 2.75) is 31.6 Å². The first-order valence-corrected chi connectivity index (χ1v) is 4.95. The van der Waals surface area contributed by atoms with Crippen molar-refractivity contribution in [3.63, 3.8) is 0 Å². The maximum Gasteiger partial charge on any atom is 0.143 e. The summed E-state index contributed by atoms with van der Waals surface area (Å²) in [5.41, 5.74) is 1.26. The van der Waals surface area contributed by atoms with Crippen LogP contribution in [0.15, 0.2) is 16.7 Å². The number of carbonyl (C=O) groups is 1. The van der Waals surface area contributed by atoms with Crippen molar-refractivity contribution in [2.75, 3.05) is 0 Å². The van der Waals surface area contributed by atoms with Crippen LogP contribution in [0.2, 0.25) is 0 Å². The van der Waals surface area contributed by atoms with E-state index in [-0.39, 0.29) is 5.92 Å². The fourth-order valence-electron chi connectivity index (χ4n) is 2.75. The van der Waals surface area contributed by atoms with Gasteiger partial charge in [0, 0.05) is 6.42 Å². The fraction of sp³-hybridized carbons (Fsp3) is 0.545. The number of carbonyl (C=O) groups excluding carboxylic acids is 1. The molecule has 0 radical (unpaired) electrons. The maximum atomic E-state index is 11.6. The molecule has 0 aliphatic heterocycles. The first kappa shape index (κ1) is 7.36. The second kappa shape index (κ2) is 2.47. The molecule has 2 heteroatoms. The van der Waals surface area contributed by atoms with Gasteiger partial charge in [-0.1, -0.05) is 0 Å². The Labute approximate surface area is 76.9 Å². The van der Waals surface area contributed by atoms with Gasteiger partial charge in [-0.15, -0.1) is 0 Å². The van der Waals surface area contributed by atoms with Gasteiger partial charge < -0.3 is 4.42 Å². The van der Waals surface area contributed by atoms with Gasteiger partial charge >= 0.3 is 0 Å². The number of aryl methyl sites for hydroxylation is 1. The highest BCUT2D eigenvalue weighted by atomic mass is 16.3. The molecule has 0 N–H and O–H groups in total. The molecule has 0 amide bonds. The Balaban J connectivity index is 2.10. The number of furan rings is 1. The summed E-state index contributed by atoms with van der Waals surface area (Å²) < 4.78 is 5.42. The minimum absolute atomic E-state index is 0.110. The van der Waals surface area contributed by atoms with E-state index in [0.717, 1.165) is 25.0 Å². The van der Waals surface area contributed by atoms with Crippen molar-refractivity contribution < 1.29 is 9.21 Å². The molecule has 0 aromatic carbocycles. The lowest BCUT2D eigenvalue weighted by atomic mass is 9.81. The third kappa shape index (κ3) is 0.916. The molecule has 2 aliphatic carbocycles. The van der Waals surface area contributed by atoms with E-state index in [1.165, 1.54) is 12.0 Å². The van der Waals surface area contributed by atoms with Crippen LogP contribution in [0.25, 0.3) is 0 Å². The van der Waals surface area contributed by atoms with Gasteiger partial charge in [-0.3, -0.25) is 4.79 Å². The Morgan fingerprint density at radius 2 is 2.15 bits per heavy atom. The van der Waals surface area contributed by atoms with Gasteiger partial charge in [0.15, 0.2) is 0 Å². The average Bonchev–Trinajstić information content (AvgIpc) is 2.70. The summed E-state index contributed by atoms with van der Waals surface area (Å²) in [6.45, 7) is 0. The third-order valence-electron chi connectivity index (χ3n) is 3.43. The molecule has 0 unspecified atom stereocenters. The first-order chi connectivity index (χ1) is 6.36. The molecule has 1 aromatic rings. The van der Waals surface area contributed by atoms with Crippen LogP contribution in [0.1, 0.15) is 36.5 Å². The van der Waals surface area contributed by atoms with Crippen LogP contribution in [-0.4, -0.2) is 5.78 Å². The molecule has 68 valence electrons. The standard InChI is InChI=1S/C11H12O2/c12-9-4-3-7-1-2-8-5-6-13-11(8)10(7)9/h5-7,10H,1-4H2/t7-,10-/m0/s1. The first-order valence-electron chi connectivity index (χ1n) is 4.95. The van der Waals surface area contributed by atoms with E-state index in [1.54, 1.807) is 6.26 Å². The molecular weight excluding hydrogens is 164 g/mol. The predicted octanol–water partition coefficient (Wildman–Crippen LogP) is 2.29. The van der Waals surface area contributed by atoms with Crippen LogP contribution < -0.4 is 0 Å². The highest BCUT2D eigenvalue weighted by Gasteiger charge is 2.41. The van der Waals surface area contributed by atoms with E-state index in [4.69, 9.17) is 4.42 Å². The predicted molar refractivity (Wildman–Crippen MR) is 47.5 cm³/mol. The lowest BCUT2D eigenvalue weighted by molar-refractivity contribution is -0.119. The van der Waals surface area contributed by atoms with Crippen LogP contribution in [0.4, 0.5) is 0 Å². The summed E-state index contributed by atoms with van der Waals surface area (Å²) in [5.74, 6) is 2.05. The zero-order valence-corrected chi connectivity index (χ0v) is 7.45. The minimum atomic E-state index is 0.110. The van der Waals surface area contributed by atoms with Gasteiger partial charge in [0.05, 0.1) is 12.2 Å². The number of rotatable bonds is 0. The third-order valence-corrected chi connectivity index (χ3v) is 3.43. The van der Waals surface area contributed by atoms with Gasteiger partial charge in [-0.25, -0.2) is 0 Å². The van der Waals surface area contributed by atoms with Gasteiger partial charge in [-0.05, 0) is 36.8 Å². The molecule has 0 spiro atoms. The number of ketones is 1. The molecular formula is C11H12O2. The second-order valence-electron chi connectivity index (χ2n) is 4.09. The van der Waals surface area contributed by atoms with Crippen molar-refractivity contribution in [1.29, 1.82) is 0 Å².